The van der Waals surface area contributed by atoms with Crippen LogP contribution in [0.3, 0.4) is 0 Å². The van der Waals surface area contributed by atoms with Gasteiger partial charge in [-0.25, -0.2) is 4.79 Å². The van der Waals surface area contributed by atoms with E-state index in [1.54, 1.807) is 19.9 Å². The van der Waals surface area contributed by atoms with Crippen LogP contribution in [0.4, 0.5) is 0 Å². The van der Waals surface area contributed by atoms with E-state index in [0.29, 0.717) is 27.6 Å². The lowest BCUT2D eigenvalue weighted by Crippen LogP contribution is -2.05. The molecule has 2 rings (SSSR count). The van der Waals surface area contributed by atoms with E-state index in [-0.39, 0.29) is 12.2 Å². The molecule has 1 aromatic heterocycles. The van der Waals surface area contributed by atoms with Crippen LogP contribution in [0.5, 0.6) is 5.75 Å². The zero-order chi connectivity index (χ0) is 14.0. The van der Waals surface area contributed by atoms with Crippen LogP contribution >= 0.6 is 15.9 Å². The molecule has 100 valence electrons. The molecule has 0 spiro atoms. The molecule has 1 N–H and O–H groups in total. The molecule has 0 amide bonds. The summed E-state index contributed by atoms with van der Waals surface area (Å²) in [7, 11) is 0. The quantitative estimate of drug-likeness (QED) is 0.929. The van der Waals surface area contributed by atoms with Crippen molar-refractivity contribution in [2.24, 2.45) is 0 Å². The number of hydrogen-bond donors (Lipinski definition) is 1. The topological polar surface area (TPSA) is 85.5 Å². The summed E-state index contributed by atoms with van der Waals surface area (Å²) in [6.45, 7) is 3.47. The Morgan fingerprint density at radius 2 is 2.16 bits per heavy atom. The van der Waals surface area contributed by atoms with Crippen molar-refractivity contribution in [3.63, 3.8) is 0 Å². The number of carboxylic acid groups (broad SMARTS) is 1. The van der Waals surface area contributed by atoms with E-state index in [1.165, 1.54) is 6.07 Å². The van der Waals surface area contributed by atoms with Gasteiger partial charge in [0, 0.05) is 11.4 Å². The number of aryl methyl sites for hydroxylation is 2. The first kappa shape index (κ1) is 13.5. The highest BCUT2D eigenvalue weighted by molar-refractivity contribution is 9.10. The number of rotatable bonds is 4. The monoisotopic (exact) mass is 326 g/mol. The second kappa shape index (κ2) is 5.40. The maximum Gasteiger partial charge on any atom is 0.339 e. The zero-order valence-corrected chi connectivity index (χ0v) is 11.9. The molecule has 0 saturated carbocycles. The Kier molecular flexibility index (Phi) is 3.84. The molecule has 0 aliphatic carbocycles. The molecule has 0 atom stereocenters. The maximum atomic E-state index is 11.2. The molecule has 0 aliphatic rings. The number of carbonyl (C=O) groups is 1. The normalized spacial score (nSPS) is 10.5. The molecule has 1 heterocycles. The van der Waals surface area contributed by atoms with Crippen molar-refractivity contribution in [2.45, 2.75) is 20.5 Å². The second-order valence-corrected chi connectivity index (χ2v) is 4.82. The molecule has 0 unspecified atom stereocenters. The molecule has 0 bridgehead atoms. The van der Waals surface area contributed by atoms with Gasteiger partial charge in [0.05, 0.1) is 0 Å². The summed E-state index contributed by atoms with van der Waals surface area (Å²) in [6, 6.07) is 3.27. The maximum absolute atomic E-state index is 11.2. The summed E-state index contributed by atoms with van der Waals surface area (Å²) in [5, 5.41) is 16.6. The molecule has 6 nitrogen and oxygen atoms in total. The van der Waals surface area contributed by atoms with E-state index in [4.69, 9.17) is 14.3 Å². The number of benzene rings is 1. The van der Waals surface area contributed by atoms with Gasteiger partial charge >= 0.3 is 5.97 Å². The van der Waals surface area contributed by atoms with Crippen molar-refractivity contribution in [3.05, 3.63) is 39.5 Å². The Balaban J connectivity index is 2.26. The molecular formula is C12H11BrN2O4. The lowest BCUT2D eigenvalue weighted by molar-refractivity contribution is 0.0690. The minimum atomic E-state index is -1.05. The smallest absolute Gasteiger partial charge is 0.339 e. The molecule has 0 radical (unpaired) electrons. The van der Waals surface area contributed by atoms with Gasteiger partial charge in [-0.2, -0.15) is 0 Å². The van der Waals surface area contributed by atoms with E-state index < -0.39 is 5.97 Å². The second-order valence-electron chi connectivity index (χ2n) is 3.91. The molecule has 2 aromatic rings. The molecule has 19 heavy (non-hydrogen) atoms. The zero-order valence-electron chi connectivity index (χ0n) is 10.3. The lowest BCUT2D eigenvalue weighted by atomic mass is 10.1. The molecule has 0 fully saturated rings. The number of carboxylic acids is 1. The number of aromatic nitrogens is 2. The summed E-state index contributed by atoms with van der Waals surface area (Å²) in [6.07, 6.45) is 0. The van der Waals surface area contributed by atoms with Crippen LogP contribution in [0.25, 0.3) is 0 Å². The highest BCUT2D eigenvalue weighted by Crippen LogP contribution is 2.28. The number of hydrogen-bond acceptors (Lipinski definition) is 5. The van der Waals surface area contributed by atoms with Crippen LogP contribution in [0, 0.1) is 13.8 Å². The van der Waals surface area contributed by atoms with Gasteiger partial charge in [0.15, 0.2) is 6.61 Å². The standard InChI is InChI=1S/C12H11BrN2O4/c1-6-3-8(13)4-9(12(16)17)11(6)18-5-10-15-14-7(2)19-10/h3-4H,5H2,1-2H3,(H,16,17). The molecule has 0 aliphatic heterocycles. The van der Waals surface area contributed by atoms with Crippen molar-refractivity contribution in [1.29, 1.82) is 0 Å². The van der Waals surface area contributed by atoms with Gasteiger partial charge in [-0.15, -0.1) is 10.2 Å². The minimum Gasteiger partial charge on any atom is -0.483 e. The van der Waals surface area contributed by atoms with E-state index in [1.807, 2.05) is 0 Å². The van der Waals surface area contributed by atoms with Gasteiger partial charge in [-0.05, 0) is 24.6 Å². The van der Waals surface area contributed by atoms with Gasteiger partial charge in [0.25, 0.3) is 5.89 Å². The summed E-state index contributed by atoms with van der Waals surface area (Å²) in [5.41, 5.74) is 0.797. The van der Waals surface area contributed by atoms with Gasteiger partial charge < -0.3 is 14.3 Å². The highest BCUT2D eigenvalue weighted by atomic mass is 79.9. The van der Waals surface area contributed by atoms with Crippen molar-refractivity contribution in [2.75, 3.05) is 0 Å². The molecule has 0 saturated heterocycles. The predicted octanol–water partition coefficient (Wildman–Crippen LogP) is 2.73. The van der Waals surface area contributed by atoms with E-state index >= 15 is 0 Å². The average Bonchev–Trinajstić information content (AvgIpc) is 2.73. The third-order valence-corrected chi connectivity index (χ3v) is 2.84. The van der Waals surface area contributed by atoms with E-state index in [0.717, 1.165) is 0 Å². The fraction of sp³-hybridized carbons (Fsp3) is 0.250. The molecular weight excluding hydrogens is 316 g/mol. The van der Waals surface area contributed by atoms with Gasteiger partial charge in [0.1, 0.15) is 11.3 Å². The molecule has 7 heteroatoms. The van der Waals surface area contributed by atoms with Crippen molar-refractivity contribution in [1.82, 2.24) is 10.2 Å². The third kappa shape index (κ3) is 3.11. The number of halogens is 1. The minimum absolute atomic E-state index is 0.0313. The van der Waals surface area contributed by atoms with Gasteiger partial charge in [0.2, 0.25) is 5.89 Å². The number of nitrogens with zero attached hydrogens (tertiary/aromatic N) is 2. The van der Waals surface area contributed by atoms with Gasteiger partial charge in [-0.1, -0.05) is 15.9 Å². The van der Waals surface area contributed by atoms with E-state index in [9.17, 15) is 4.79 Å². The number of aromatic carboxylic acids is 1. The Hall–Kier alpha value is -1.89. The average molecular weight is 327 g/mol. The van der Waals surface area contributed by atoms with Gasteiger partial charge in [-0.3, -0.25) is 0 Å². The molecule has 1 aromatic carbocycles. The van der Waals surface area contributed by atoms with Crippen molar-refractivity contribution < 1.29 is 19.1 Å². The summed E-state index contributed by atoms with van der Waals surface area (Å²) in [4.78, 5) is 11.2. The van der Waals surface area contributed by atoms with Crippen LogP contribution in [0.1, 0.15) is 27.7 Å². The van der Waals surface area contributed by atoms with Crippen molar-refractivity contribution >= 4 is 21.9 Å². The summed E-state index contributed by atoms with van der Waals surface area (Å²) < 4.78 is 11.3. The summed E-state index contributed by atoms with van der Waals surface area (Å²) in [5.74, 6) is -0.0200. The van der Waals surface area contributed by atoms with Crippen molar-refractivity contribution in [3.8, 4) is 5.75 Å². The van der Waals surface area contributed by atoms with Crippen LogP contribution in [-0.4, -0.2) is 21.3 Å². The first-order valence-electron chi connectivity index (χ1n) is 5.42. The van der Waals surface area contributed by atoms with Crippen LogP contribution < -0.4 is 4.74 Å². The van der Waals surface area contributed by atoms with E-state index in [2.05, 4.69) is 26.1 Å². The SMILES string of the molecule is Cc1nnc(COc2c(C)cc(Br)cc2C(=O)O)o1. The van der Waals surface area contributed by atoms with Crippen LogP contribution in [0.15, 0.2) is 21.0 Å². The Labute approximate surface area is 117 Å². The third-order valence-electron chi connectivity index (χ3n) is 2.38. The number of ether oxygens (including phenoxy) is 1. The first-order chi connectivity index (χ1) is 8.97. The fourth-order valence-corrected chi connectivity index (χ4v) is 2.18. The predicted molar refractivity (Wildman–Crippen MR) is 69.2 cm³/mol. The Morgan fingerprint density at radius 3 is 2.74 bits per heavy atom. The lowest BCUT2D eigenvalue weighted by Gasteiger charge is -2.11. The largest absolute Gasteiger partial charge is 0.483 e. The fourth-order valence-electron chi connectivity index (χ4n) is 1.61. The first-order valence-corrected chi connectivity index (χ1v) is 6.22. The van der Waals surface area contributed by atoms with Crippen LogP contribution in [0.2, 0.25) is 0 Å². The Bertz CT molecular complexity index is 624. The Morgan fingerprint density at radius 1 is 1.42 bits per heavy atom. The highest BCUT2D eigenvalue weighted by Gasteiger charge is 2.16. The summed E-state index contributed by atoms with van der Waals surface area (Å²) >= 11 is 3.26. The van der Waals surface area contributed by atoms with Crippen LogP contribution in [-0.2, 0) is 6.61 Å².